The minimum absolute atomic E-state index is 0.0793. The molecular formula is C23H19N3O5S. The van der Waals surface area contributed by atoms with Gasteiger partial charge in [-0.05, 0) is 37.4 Å². The van der Waals surface area contributed by atoms with Crippen molar-refractivity contribution < 1.29 is 23.7 Å². The van der Waals surface area contributed by atoms with E-state index in [1.165, 1.54) is 25.1 Å². The van der Waals surface area contributed by atoms with Crippen molar-refractivity contribution in [2.45, 2.75) is 11.9 Å². The average molecular weight is 449 g/mol. The third-order valence-corrected chi connectivity index (χ3v) is 4.57. The molecule has 0 saturated heterocycles. The van der Waals surface area contributed by atoms with Crippen molar-refractivity contribution in [3.63, 3.8) is 0 Å². The van der Waals surface area contributed by atoms with Gasteiger partial charge >= 0.3 is 5.97 Å². The molecule has 8 nitrogen and oxygen atoms in total. The SMILES string of the molecule is COC=CC(=O)Oc1c(Oc2cccc(Oc3ccccc3C#N)c2)nc(C)nc1SC. The lowest BCUT2D eigenvalue weighted by molar-refractivity contribution is -0.129. The van der Waals surface area contributed by atoms with Crippen molar-refractivity contribution >= 4 is 17.7 Å². The third-order valence-electron chi connectivity index (χ3n) is 3.91. The van der Waals surface area contributed by atoms with Gasteiger partial charge in [0, 0.05) is 6.07 Å². The van der Waals surface area contributed by atoms with Crippen LogP contribution in [-0.4, -0.2) is 29.3 Å². The topological polar surface area (TPSA) is 104 Å². The minimum atomic E-state index is -0.662. The molecule has 1 heterocycles. The molecule has 0 spiro atoms. The van der Waals surface area contributed by atoms with Crippen LogP contribution in [0.3, 0.4) is 0 Å². The summed E-state index contributed by atoms with van der Waals surface area (Å²) in [6.07, 6.45) is 4.14. The first-order chi connectivity index (χ1) is 15.5. The molecule has 0 saturated carbocycles. The smallest absolute Gasteiger partial charge is 0.339 e. The first-order valence-electron chi connectivity index (χ1n) is 9.32. The molecule has 0 amide bonds. The van der Waals surface area contributed by atoms with Crippen molar-refractivity contribution in [3.8, 4) is 34.9 Å². The van der Waals surface area contributed by atoms with Gasteiger partial charge in [0.15, 0.2) is 0 Å². The van der Waals surface area contributed by atoms with Gasteiger partial charge in [-0.3, -0.25) is 0 Å². The van der Waals surface area contributed by atoms with Crippen molar-refractivity contribution in [2.75, 3.05) is 13.4 Å². The van der Waals surface area contributed by atoms with Gasteiger partial charge in [0.1, 0.15) is 34.2 Å². The molecule has 0 atom stereocenters. The Labute approximate surface area is 189 Å². The van der Waals surface area contributed by atoms with E-state index in [0.29, 0.717) is 33.7 Å². The number of para-hydroxylation sites is 1. The van der Waals surface area contributed by atoms with Crippen LogP contribution in [0.4, 0.5) is 0 Å². The Hall–Kier alpha value is -4.03. The summed E-state index contributed by atoms with van der Waals surface area (Å²) >= 11 is 1.29. The number of carbonyl (C=O) groups excluding carboxylic acids is 1. The Morgan fingerprint density at radius 3 is 2.56 bits per heavy atom. The normalized spacial score (nSPS) is 10.4. The number of nitrogens with zero attached hydrogens (tertiary/aromatic N) is 3. The summed E-state index contributed by atoms with van der Waals surface area (Å²) in [6, 6.07) is 15.8. The molecule has 0 aliphatic rings. The fraction of sp³-hybridized carbons (Fsp3) is 0.130. The molecule has 0 aliphatic heterocycles. The number of benzene rings is 2. The fourth-order valence-corrected chi connectivity index (χ4v) is 3.09. The van der Waals surface area contributed by atoms with Crippen molar-refractivity contribution in [2.24, 2.45) is 0 Å². The lowest BCUT2D eigenvalue weighted by Gasteiger charge is -2.14. The van der Waals surface area contributed by atoms with E-state index < -0.39 is 5.97 Å². The standard InChI is InChI=1S/C23H19N3O5S/c1-15-25-22(21(23(26-15)32-3)31-20(27)11-12-28-2)30-18-9-6-8-17(13-18)29-19-10-5-4-7-16(19)14-24/h4-13H,1-3H3. The number of hydrogen-bond acceptors (Lipinski definition) is 9. The van der Waals surface area contributed by atoms with E-state index in [2.05, 4.69) is 16.0 Å². The van der Waals surface area contributed by atoms with Crippen molar-refractivity contribution in [1.82, 2.24) is 9.97 Å². The summed E-state index contributed by atoms with van der Waals surface area (Å²) in [5, 5.41) is 9.70. The van der Waals surface area contributed by atoms with Gasteiger partial charge < -0.3 is 18.9 Å². The highest BCUT2D eigenvalue weighted by Gasteiger charge is 2.19. The predicted octanol–water partition coefficient (Wildman–Crippen LogP) is 5.03. The molecule has 0 radical (unpaired) electrons. The highest BCUT2D eigenvalue weighted by Crippen LogP contribution is 2.38. The fourth-order valence-electron chi connectivity index (χ4n) is 2.55. The van der Waals surface area contributed by atoms with Crippen LogP contribution >= 0.6 is 11.8 Å². The zero-order chi connectivity index (χ0) is 22.9. The van der Waals surface area contributed by atoms with Gasteiger partial charge in [-0.15, -0.1) is 11.8 Å². The van der Waals surface area contributed by atoms with Crippen LogP contribution in [0, 0.1) is 18.3 Å². The minimum Gasteiger partial charge on any atom is -0.504 e. The quantitative estimate of drug-likeness (QED) is 0.154. The van der Waals surface area contributed by atoms with E-state index in [1.807, 2.05) is 0 Å². The number of methoxy groups -OCH3 is 1. The van der Waals surface area contributed by atoms with E-state index in [0.717, 1.165) is 6.08 Å². The van der Waals surface area contributed by atoms with Gasteiger partial charge in [0.05, 0.1) is 25.0 Å². The van der Waals surface area contributed by atoms with Gasteiger partial charge in [-0.2, -0.15) is 10.2 Å². The monoisotopic (exact) mass is 449 g/mol. The molecule has 1 aromatic heterocycles. The molecule has 9 heteroatoms. The van der Waals surface area contributed by atoms with Crippen LogP contribution in [0.15, 0.2) is 65.9 Å². The lowest BCUT2D eigenvalue weighted by Crippen LogP contribution is -2.08. The number of esters is 1. The molecule has 0 N–H and O–H groups in total. The molecule has 32 heavy (non-hydrogen) atoms. The number of aromatic nitrogens is 2. The number of hydrogen-bond donors (Lipinski definition) is 0. The summed E-state index contributed by atoms with van der Waals surface area (Å²) in [7, 11) is 1.42. The molecule has 2 aromatic carbocycles. The zero-order valence-electron chi connectivity index (χ0n) is 17.6. The maximum atomic E-state index is 12.1. The highest BCUT2D eigenvalue weighted by atomic mass is 32.2. The number of aryl methyl sites for hydroxylation is 1. The Morgan fingerprint density at radius 2 is 1.84 bits per heavy atom. The number of thioether (sulfide) groups is 1. The second kappa shape index (κ2) is 10.8. The number of nitriles is 1. The Morgan fingerprint density at radius 1 is 1.09 bits per heavy atom. The van der Waals surface area contributed by atoms with E-state index in [-0.39, 0.29) is 11.6 Å². The summed E-state index contributed by atoms with van der Waals surface area (Å²) in [4.78, 5) is 20.7. The average Bonchev–Trinajstić information content (AvgIpc) is 2.79. The van der Waals surface area contributed by atoms with Crippen LogP contribution < -0.4 is 14.2 Å². The molecule has 0 fully saturated rings. The van der Waals surface area contributed by atoms with E-state index in [9.17, 15) is 10.1 Å². The number of carbonyl (C=O) groups is 1. The molecule has 162 valence electrons. The van der Waals surface area contributed by atoms with Gasteiger partial charge in [0.25, 0.3) is 5.88 Å². The molecule has 3 aromatic rings. The summed E-state index contributed by atoms with van der Waals surface area (Å²) in [6.45, 7) is 1.71. The van der Waals surface area contributed by atoms with Crippen LogP contribution in [-0.2, 0) is 9.53 Å². The van der Waals surface area contributed by atoms with Crippen molar-refractivity contribution in [1.29, 1.82) is 5.26 Å². The van der Waals surface area contributed by atoms with Crippen LogP contribution in [0.1, 0.15) is 11.4 Å². The first kappa shape index (κ1) is 22.7. The van der Waals surface area contributed by atoms with E-state index >= 15 is 0 Å². The van der Waals surface area contributed by atoms with Crippen LogP contribution in [0.25, 0.3) is 0 Å². The van der Waals surface area contributed by atoms with Crippen molar-refractivity contribution in [3.05, 3.63) is 72.3 Å². The molecule has 0 bridgehead atoms. The van der Waals surface area contributed by atoms with Gasteiger partial charge in [-0.25, -0.2) is 9.78 Å². The predicted molar refractivity (Wildman–Crippen MR) is 118 cm³/mol. The maximum absolute atomic E-state index is 12.1. The van der Waals surface area contributed by atoms with E-state index in [4.69, 9.17) is 18.9 Å². The Kier molecular flexibility index (Phi) is 7.67. The lowest BCUT2D eigenvalue weighted by atomic mass is 10.2. The summed E-state index contributed by atoms with van der Waals surface area (Å²) in [5.74, 6) is 1.24. The van der Waals surface area contributed by atoms with Gasteiger partial charge in [-0.1, -0.05) is 18.2 Å². The largest absolute Gasteiger partial charge is 0.504 e. The molecular weight excluding hydrogens is 430 g/mol. The summed E-state index contributed by atoms with van der Waals surface area (Å²) < 4.78 is 21.9. The molecule has 0 aliphatic carbocycles. The van der Waals surface area contributed by atoms with E-state index in [1.54, 1.807) is 61.7 Å². The second-order valence-corrected chi connectivity index (χ2v) is 6.96. The zero-order valence-corrected chi connectivity index (χ0v) is 18.4. The Balaban J connectivity index is 1.90. The van der Waals surface area contributed by atoms with Crippen LogP contribution in [0.2, 0.25) is 0 Å². The first-order valence-corrected chi connectivity index (χ1v) is 10.5. The summed E-state index contributed by atoms with van der Waals surface area (Å²) in [5.41, 5.74) is 0.410. The second-order valence-electron chi connectivity index (χ2n) is 6.16. The molecule has 3 rings (SSSR count). The third kappa shape index (κ3) is 5.77. The maximum Gasteiger partial charge on any atom is 0.339 e. The Bertz CT molecular complexity index is 1190. The highest BCUT2D eigenvalue weighted by molar-refractivity contribution is 7.98. The number of ether oxygens (including phenoxy) is 4. The van der Waals surface area contributed by atoms with Crippen LogP contribution in [0.5, 0.6) is 28.9 Å². The van der Waals surface area contributed by atoms with Gasteiger partial charge in [0.2, 0.25) is 5.75 Å². The number of rotatable bonds is 8. The molecule has 0 unspecified atom stereocenters.